The van der Waals surface area contributed by atoms with E-state index in [9.17, 15) is 31.7 Å². The highest BCUT2D eigenvalue weighted by Gasteiger charge is 2.32. The highest BCUT2D eigenvalue weighted by atomic mass is 31.2. The van der Waals surface area contributed by atoms with Gasteiger partial charge in [-0.2, -0.15) is 13.2 Å². The van der Waals surface area contributed by atoms with Crippen molar-refractivity contribution in [1.82, 2.24) is 4.57 Å². The van der Waals surface area contributed by atoms with Crippen LogP contribution in [0.2, 0.25) is 0 Å². The van der Waals surface area contributed by atoms with E-state index in [1.165, 1.54) is 18.2 Å². The van der Waals surface area contributed by atoms with Gasteiger partial charge in [-0.05, 0) is 48.0 Å². The molecule has 198 valence electrons. The standard InChI is InChI=1S/C21H20B3F4N2O7P/c22-20(23,24)15-8-12(25)2-4-16(15)37-17-7-11(21(26,27)28)1-3-14(17)19(32)29-13-5-6-30(18(31)9-13)10-36-38(33,34)35/h1-9H,10,22-24H2,(H,29,32)(H2,33,34,35). The Kier molecular flexibility index (Phi) is 8.32. The van der Waals surface area contributed by atoms with Gasteiger partial charge in [0.05, 0.1) is 34.7 Å². The molecule has 0 spiro atoms. The minimum absolute atomic E-state index is 0.0416. The molecule has 3 N–H and O–H groups in total. The molecular formula is C21H20B3F4N2O7P. The van der Waals surface area contributed by atoms with Crippen LogP contribution < -0.4 is 15.6 Å². The molecule has 17 heteroatoms. The van der Waals surface area contributed by atoms with Gasteiger partial charge in [0.25, 0.3) is 11.5 Å². The number of rotatable bonds is 8. The lowest BCUT2D eigenvalue weighted by Crippen LogP contribution is -2.27. The highest BCUT2D eigenvalue weighted by Crippen LogP contribution is 2.38. The molecule has 0 fully saturated rings. The summed E-state index contributed by atoms with van der Waals surface area (Å²) < 4.78 is 75.8. The SMILES string of the molecule is BC(B)(B)c1cc(F)ccc1Oc1cc(C(F)(F)F)ccc1C(=O)Nc1ccn(COP(=O)(O)O)c(=O)c1. The quantitative estimate of drug-likeness (QED) is 0.218. The van der Waals surface area contributed by atoms with Crippen LogP contribution in [-0.4, -0.2) is 43.8 Å². The molecule has 0 aliphatic carbocycles. The molecule has 0 saturated carbocycles. The molecule has 3 rings (SSSR count). The third kappa shape index (κ3) is 7.61. The number of aromatic nitrogens is 1. The number of anilines is 1. The van der Waals surface area contributed by atoms with Gasteiger partial charge in [0.2, 0.25) is 0 Å². The zero-order chi connectivity index (χ0) is 28.5. The molecule has 1 aromatic heterocycles. The molecule has 0 unspecified atom stereocenters. The molecule has 0 aliphatic rings. The number of phosphoric ester groups is 1. The van der Waals surface area contributed by atoms with Crippen LogP contribution in [-0.2, 0) is 27.1 Å². The van der Waals surface area contributed by atoms with Crippen molar-refractivity contribution in [1.29, 1.82) is 0 Å². The fourth-order valence-electron chi connectivity index (χ4n) is 3.29. The number of ether oxygens (including phenoxy) is 1. The number of pyridine rings is 1. The summed E-state index contributed by atoms with van der Waals surface area (Å²) in [4.78, 5) is 42.7. The number of nitrogens with one attached hydrogen (secondary N) is 1. The van der Waals surface area contributed by atoms with Gasteiger partial charge in [0.1, 0.15) is 24.0 Å². The maximum Gasteiger partial charge on any atom is 0.471 e. The van der Waals surface area contributed by atoms with Crippen LogP contribution in [0.1, 0.15) is 21.5 Å². The number of amides is 1. The summed E-state index contributed by atoms with van der Waals surface area (Å²) in [7, 11) is 0.417. The van der Waals surface area contributed by atoms with Crippen LogP contribution >= 0.6 is 7.82 Å². The molecule has 1 amide bonds. The third-order valence-corrected chi connectivity index (χ3v) is 5.59. The van der Waals surface area contributed by atoms with Crippen molar-refractivity contribution in [3.63, 3.8) is 0 Å². The first kappa shape index (κ1) is 29.2. The molecule has 0 radical (unpaired) electrons. The minimum atomic E-state index is -4.84. The lowest BCUT2D eigenvalue weighted by atomic mass is 9.40. The smallest absolute Gasteiger partial charge is 0.456 e. The number of carbonyl (C=O) groups excluding carboxylic acids is 1. The van der Waals surface area contributed by atoms with E-state index in [2.05, 4.69) is 9.84 Å². The largest absolute Gasteiger partial charge is 0.471 e. The van der Waals surface area contributed by atoms with Crippen molar-refractivity contribution in [2.45, 2.75) is 18.0 Å². The fraction of sp³-hybridized carbons (Fsp3) is 0.143. The average Bonchev–Trinajstić information content (AvgIpc) is 2.77. The second-order valence-electron chi connectivity index (χ2n) is 9.13. The Labute approximate surface area is 216 Å². The van der Waals surface area contributed by atoms with Crippen LogP contribution in [0.15, 0.2) is 59.5 Å². The Hall–Kier alpha value is -3.32. The fourth-order valence-corrected chi connectivity index (χ4v) is 3.57. The third-order valence-electron chi connectivity index (χ3n) is 5.14. The summed E-state index contributed by atoms with van der Waals surface area (Å²) in [6, 6.07) is 7.88. The van der Waals surface area contributed by atoms with E-state index in [1.807, 2.05) is 0 Å². The second kappa shape index (κ2) is 10.8. The number of hydrogen-bond acceptors (Lipinski definition) is 5. The Balaban J connectivity index is 1.97. The molecule has 1 heterocycles. The van der Waals surface area contributed by atoms with E-state index in [-0.39, 0.29) is 17.0 Å². The normalized spacial score (nSPS) is 12.3. The van der Waals surface area contributed by atoms with E-state index < -0.39 is 54.4 Å². The lowest BCUT2D eigenvalue weighted by Gasteiger charge is -2.23. The maximum atomic E-state index is 13.9. The van der Waals surface area contributed by atoms with E-state index in [1.54, 1.807) is 23.5 Å². The van der Waals surface area contributed by atoms with Gasteiger partial charge in [-0.15, -0.1) is 0 Å². The Bertz CT molecular complexity index is 1470. The Morgan fingerprint density at radius 3 is 2.29 bits per heavy atom. The van der Waals surface area contributed by atoms with Gasteiger partial charge in [0, 0.05) is 18.0 Å². The number of halogens is 4. The molecule has 0 saturated heterocycles. The summed E-state index contributed by atoms with van der Waals surface area (Å²) in [6.07, 6.45) is -3.66. The number of hydrogen-bond donors (Lipinski definition) is 3. The molecule has 0 aliphatic heterocycles. The molecule has 0 atom stereocenters. The molecule has 0 bridgehead atoms. The minimum Gasteiger partial charge on any atom is -0.456 e. The summed E-state index contributed by atoms with van der Waals surface area (Å²) in [5.74, 6) is -1.92. The predicted molar refractivity (Wildman–Crippen MR) is 137 cm³/mol. The molecule has 3 aromatic rings. The van der Waals surface area contributed by atoms with Gasteiger partial charge >= 0.3 is 14.0 Å². The maximum absolute atomic E-state index is 13.9. The van der Waals surface area contributed by atoms with Gasteiger partial charge in [0.15, 0.2) is 0 Å². The zero-order valence-electron chi connectivity index (χ0n) is 20.2. The van der Waals surface area contributed by atoms with Crippen LogP contribution in [0, 0.1) is 5.82 Å². The lowest BCUT2D eigenvalue weighted by molar-refractivity contribution is -0.137. The topological polar surface area (TPSA) is 127 Å². The number of carbonyl (C=O) groups is 1. The Morgan fingerprint density at radius 2 is 1.71 bits per heavy atom. The molecule has 38 heavy (non-hydrogen) atoms. The number of nitrogens with zero attached hydrogens (tertiary/aromatic N) is 1. The van der Waals surface area contributed by atoms with Crippen molar-refractivity contribution in [2.75, 3.05) is 5.32 Å². The first-order chi connectivity index (χ1) is 17.4. The number of alkyl halides is 3. The Morgan fingerprint density at radius 1 is 1.03 bits per heavy atom. The van der Waals surface area contributed by atoms with Gasteiger partial charge in [-0.1, -0.05) is 5.11 Å². The first-order valence-electron chi connectivity index (χ1n) is 10.8. The van der Waals surface area contributed by atoms with E-state index in [0.29, 0.717) is 17.7 Å². The number of benzene rings is 2. The van der Waals surface area contributed by atoms with Crippen LogP contribution in [0.25, 0.3) is 0 Å². The first-order valence-corrected chi connectivity index (χ1v) is 12.4. The van der Waals surface area contributed by atoms with Gasteiger partial charge < -0.3 is 19.8 Å². The van der Waals surface area contributed by atoms with Crippen LogP contribution in [0.5, 0.6) is 11.5 Å². The highest BCUT2D eigenvalue weighted by molar-refractivity contribution is 7.46. The van der Waals surface area contributed by atoms with Crippen molar-refractivity contribution < 1.29 is 46.0 Å². The molecular weight excluding hydrogens is 532 g/mol. The van der Waals surface area contributed by atoms with Crippen LogP contribution in [0.3, 0.4) is 0 Å². The summed E-state index contributed by atoms with van der Waals surface area (Å²) >= 11 is 0. The van der Waals surface area contributed by atoms with Crippen molar-refractivity contribution in [3.05, 3.63) is 87.6 Å². The zero-order valence-corrected chi connectivity index (χ0v) is 21.1. The summed E-state index contributed by atoms with van der Waals surface area (Å²) in [5.41, 5.74) is -1.90. The monoisotopic (exact) mass is 552 g/mol. The van der Waals surface area contributed by atoms with E-state index in [0.717, 1.165) is 29.0 Å². The van der Waals surface area contributed by atoms with Gasteiger partial charge in [-0.25, -0.2) is 8.96 Å². The predicted octanol–water partition coefficient (Wildman–Crippen LogP) is 1.13. The van der Waals surface area contributed by atoms with Crippen molar-refractivity contribution in [3.8, 4) is 11.5 Å². The number of phosphoric acid groups is 1. The second-order valence-corrected chi connectivity index (χ2v) is 10.4. The molecule has 2 aromatic carbocycles. The van der Waals surface area contributed by atoms with E-state index >= 15 is 0 Å². The summed E-state index contributed by atoms with van der Waals surface area (Å²) in [5, 5.41) is 1.71. The van der Waals surface area contributed by atoms with Crippen molar-refractivity contribution >= 4 is 43.0 Å². The van der Waals surface area contributed by atoms with Crippen LogP contribution in [0.4, 0.5) is 23.2 Å². The van der Waals surface area contributed by atoms with E-state index in [4.69, 9.17) is 14.5 Å². The molecule has 9 nitrogen and oxygen atoms in total. The van der Waals surface area contributed by atoms with Crippen molar-refractivity contribution in [2.24, 2.45) is 0 Å². The average molecular weight is 552 g/mol. The summed E-state index contributed by atoms with van der Waals surface area (Å²) in [6.45, 7) is -0.762. The van der Waals surface area contributed by atoms with Gasteiger partial charge in [-0.3, -0.25) is 18.7 Å².